The van der Waals surface area contributed by atoms with Crippen molar-refractivity contribution in [2.75, 3.05) is 5.73 Å². The third kappa shape index (κ3) is 2.83. The number of nitrogens with two attached hydrogens (primary N) is 1. The van der Waals surface area contributed by atoms with Gasteiger partial charge in [-0.25, -0.2) is 4.39 Å². The molecule has 1 nitrogen and oxygen atoms in total. The number of benzene rings is 1. The number of anilines is 1. The van der Waals surface area contributed by atoms with Gasteiger partial charge < -0.3 is 5.73 Å². The molecule has 4 heteroatoms. The lowest BCUT2D eigenvalue weighted by Gasteiger charge is -2.21. The lowest BCUT2D eigenvalue weighted by molar-refractivity contribution is 0.516. The van der Waals surface area contributed by atoms with Crippen molar-refractivity contribution >= 4 is 29.1 Å². The van der Waals surface area contributed by atoms with Crippen molar-refractivity contribution in [1.29, 1.82) is 0 Å². The van der Waals surface area contributed by atoms with Crippen LogP contribution in [0.15, 0.2) is 17.0 Å². The molecule has 0 unspecified atom stereocenters. The van der Waals surface area contributed by atoms with E-state index in [2.05, 4.69) is 0 Å². The van der Waals surface area contributed by atoms with Crippen LogP contribution in [0.5, 0.6) is 0 Å². The van der Waals surface area contributed by atoms with Gasteiger partial charge in [-0.05, 0) is 25.0 Å². The Morgan fingerprint density at radius 2 is 1.94 bits per heavy atom. The van der Waals surface area contributed by atoms with E-state index in [1.807, 2.05) is 0 Å². The first-order chi connectivity index (χ1) is 7.66. The molecule has 1 aliphatic carbocycles. The van der Waals surface area contributed by atoms with Crippen LogP contribution in [0.2, 0.25) is 5.02 Å². The molecule has 2 N–H and O–H groups in total. The summed E-state index contributed by atoms with van der Waals surface area (Å²) in [5.41, 5.74) is 6.29. The number of rotatable bonds is 2. The Kier molecular flexibility index (Phi) is 3.98. The molecule has 88 valence electrons. The van der Waals surface area contributed by atoms with E-state index in [1.54, 1.807) is 17.8 Å². The Morgan fingerprint density at radius 1 is 1.25 bits per heavy atom. The Hall–Kier alpha value is -0.410. The first-order valence-electron chi connectivity index (χ1n) is 5.58. The van der Waals surface area contributed by atoms with Crippen LogP contribution in [0.4, 0.5) is 10.1 Å². The lowest BCUT2D eigenvalue weighted by Crippen LogP contribution is -2.08. The zero-order valence-corrected chi connectivity index (χ0v) is 10.6. The molecule has 0 radical (unpaired) electrons. The van der Waals surface area contributed by atoms with Crippen LogP contribution >= 0.6 is 23.4 Å². The molecule has 0 aromatic heterocycles. The summed E-state index contributed by atoms with van der Waals surface area (Å²) in [4.78, 5) is 0.915. The lowest BCUT2D eigenvalue weighted by atomic mass is 10.0. The molecule has 0 saturated heterocycles. The molecule has 16 heavy (non-hydrogen) atoms. The SMILES string of the molecule is Nc1cc(F)c(Cl)cc1SC1CCCCC1. The molecule has 1 fully saturated rings. The first kappa shape index (κ1) is 12.1. The van der Waals surface area contributed by atoms with Crippen molar-refractivity contribution < 1.29 is 4.39 Å². The molecule has 0 amide bonds. The third-order valence-electron chi connectivity index (χ3n) is 2.90. The van der Waals surface area contributed by atoms with Crippen LogP contribution in [0.25, 0.3) is 0 Å². The molecule has 1 saturated carbocycles. The predicted octanol–water partition coefficient (Wildman–Crippen LogP) is 4.49. The van der Waals surface area contributed by atoms with Crippen LogP contribution in [0.3, 0.4) is 0 Å². The van der Waals surface area contributed by atoms with Gasteiger partial charge >= 0.3 is 0 Å². The number of thioether (sulfide) groups is 1. The smallest absolute Gasteiger partial charge is 0.143 e. The second-order valence-electron chi connectivity index (χ2n) is 4.18. The third-order valence-corrected chi connectivity index (χ3v) is 4.60. The van der Waals surface area contributed by atoms with E-state index in [9.17, 15) is 4.39 Å². The van der Waals surface area contributed by atoms with Crippen LogP contribution in [-0.2, 0) is 0 Å². The van der Waals surface area contributed by atoms with Crippen molar-refractivity contribution in [1.82, 2.24) is 0 Å². The second-order valence-corrected chi connectivity index (χ2v) is 5.93. The predicted molar refractivity (Wildman–Crippen MR) is 68.6 cm³/mol. The number of halogens is 2. The minimum atomic E-state index is -0.438. The Bertz CT molecular complexity index is 378. The maximum absolute atomic E-state index is 13.1. The van der Waals surface area contributed by atoms with Gasteiger partial charge in [-0.1, -0.05) is 30.9 Å². The van der Waals surface area contributed by atoms with Gasteiger partial charge in [0.25, 0.3) is 0 Å². The average Bonchev–Trinajstić information content (AvgIpc) is 2.27. The van der Waals surface area contributed by atoms with Crippen molar-refractivity contribution in [3.8, 4) is 0 Å². The molecule has 2 rings (SSSR count). The van der Waals surface area contributed by atoms with Gasteiger partial charge in [0.2, 0.25) is 0 Å². The summed E-state index contributed by atoms with van der Waals surface area (Å²) in [5.74, 6) is -0.438. The van der Waals surface area contributed by atoms with Gasteiger partial charge in [0.15, 0.2) is 0 Å². The summed E-state index contributed by atoms with van der Waals surface area (Å²) >= 11 is 7.50. The first-order valence-corrected chi connectivity index (χ1v) is 6.84. The van der Waals surface area contributed by atoms with E-state index >= 15 is 0 Å². The largest absolute Gasteiger partial charge is 0.398 e. The number of nitrogen functional groups attached to an aromatic ring is 1. The summed E-state index contributed by atoms with van der Waals surface area (Å²) in [6.07, 6.45) is 6.34. The topological polar surface area (TPSA) is 26.0 Å². The van der Waals surface area contributed by atoms with Crippen molar-refractivity contribution in [2.45, 2.75) is 42.2 Å². The van der Waals surface area contributed by atoms with Gasteiger partial charge in [0.05, 0.1) is 5.02 Å². The monoisotopic (exact) mass is 259 g/mol. The Morgan fingerprint density at radius 3 is 2.62 bits per heavy atom. The van der Waals surface area contributed by atoms with Crippen LogP contribution in [-0.4, -0.2) is 5.25 Å². The molecule has 0 atom stereocenters. The minimum Gasteiger partial charge on any atom is -0.398 e. The van der Waals surface area contributed by atoms with Crippen LogP contribution in [0.1, 0.15) is 32.1 Å². The highest BCUT2D eigenvalue weighted by Gasteiger charge is 2.16. The number of hydrogen-bond acceptors (Lipinski definition) is 2. The number of hydrogen-bond donors (Lipinski definition) is 1. The van der Waals surface area contributed by atoms with Gasteiger partial charge in [-0.2, -0.15) is 0 Å². The molecule has 0 spiro atoms. The van der Waals surface area contributed by atoms with E-state index in [0.717, 1.165) is 4.90 Å². The van der Waals surface area contributed by atoms with Crippen LogP contribution < -0.4 is 5.73 Å². The van der Waals surface area contributed by atoms with Crippen molar-refractivity contribution in [3.63, 3.8) is 0 Å². The molecular formula is C12H15ClFNS. The van der Waals surface area contributed by atoms with Gasteiger partial charge in [-0.3, -0.25) is 0 Å². The fourth-order valence-electron chi connectivity index (χ4n) is 2.01. The van der Waals surface area contributed by atoms with E-state index in [-0.39, 0.29) is 5.02 Å². The van der Waals surface area contributed by atoms with Gasteiger partial charge in [0.1, 0.15) is 5.82 Å². The molecule has 0 aliphatic heterocycles. The average molecular weight is 260 g/mol. The van der Waals surface area contributed by atoms with E-state index in [4.69, 9.17) is 17.3 Å². The molecule has 0 heterocycles. The minimum absolute atomic E-state index is 0.160. The highest BCUT2D eigenvalue weighted by molar-refractivity contribution is 8.00. The molecule has 1 aromatic carbocycles. The normalized spacial score (nSPS) is 17.6. The Balaban J connectivity index is 2.11. The summed E-state index contributed by atoms with van der Waals surface area (Å²) < 4.78 is 13.1. The molecular weight excluding hydrogens is 245 g/mol. The standard InChI is InChI=1S/C12H15ClFNS/c13-9-6-12(11(15)7-10(9)14)16-8-4-2-1-3-5-8/h6-8H,1-5,15H2. The van der Waals surface area contributed by atoms with Crippen LogP contribution in [0, 0.1) is 5.82 Å². The maximum atomic E-state index is 13.1. The highest BCUT2D eigenvalue weighted by Crippen LogP contribution is 2.38. The summed E-state index contributed by atoms with van der Waals surface area (Å²) in [6, 6.07) is 2.96. The fourth-order valence-corrected chi connectivity index (χ4v) is 3.55. The quantitative estimate of drug-likeness (QED) is 0.792. The van der Waals surface area contributed by atoms with Crippen molar-refractivity contribution in [2.24, 2.45) is 0 Å². The second kappa shape index (κ2) is 5.28. The zero-order valence-electron chi connectivity index (χ0n) is 9.01. The summed E-state index contributed by atoms with van der Waals surface area (Å²) in [6.45, 7) is 0. The fraction of sp³-hybridized carbons (Fsp3) is 0.500. The zero-order chi connectivity index (χ0) is 11.5. The molecule has 0 bridgehead atoms. The summed E-state index contributed by atoms with van der Waals surface area (Å²) in [7, 11) is 0. The summed E-state index contributed by atoms with van der Waals surface area (Å²) in [5, 5.41) is 0.769. The highest BCUT2D eigenvalue weighted by atomic mass is 35.5. The van der Waals surface area contributed by atoms with Gasteiger partial charge in [0, 0.05) is 15.8 Å². The Labute approximate surface area is 105 Å². The van der Waals surface area contributed by atoms with E-state index < -0.39 is 5.82 Å². The van der Waals surface area contributed by atoms with Gasteiger partial charge in [-0.15, -0.1) is 11.8 Å². The van der Waals surface area contributed by atoms with E-state index in [0.29, 0.717) is 10.9 Å². The molecule has 1 aliphatic rings. The van der Waals surface area contributed by atoms with Crippen molar-refractivity contribution in [3.05, 3.63) is 23.0 Å². The molecule has 1 aromatic rings. The van der Waals surface area contributed by atoms with E-state index in [1.165, 1.54) is 38.2 Å². The maximum Gasteiger partial charge on any atom is 0.143 e.